The SMILES string of the molecule is O=Cc1ccc(Cl)c(N2CC3COCC3C2)c1. The molecule has 0 bridgehead atoms. The molecule has 3 rings (SSSR count). The van der Waals surface area contributed by atoms with Gasteiger partial charge in [0.05, 0.1) is 23.9 Å². The number of benzene rings is 1. The van der Waals surface area contributed by atoms with Gasteiger partial charge >= 0.3 is 0 Å². The summed E-state index contributed by atoms with van der Waals surface area (Å²) in [4.78, 5) is 13.1. The first-order valence-electron chi connectivity index (χ1n) is 5.85. The first kappa shape index (κ1) is 11.1. The van der Waals surface area contributed by atoms with E-state index >= 15 is 0 Å². The minimum absolute atomic E-state index is 0.617. The van der Waals surface area contributed by atoms with Crippen LogP contribution < -0.4 is 4.90 Å². The molecule has 2 fully saturated rings. The van der Waals surface area contributed by atoms with Crippen molar-refractivity contribution in [2.24, 2.45) is 11.8 Å². The van der Waals surface area contributed by atoms with Crippen LogP contribution in [0.3, 0.4) is 0 Å². The minimum Gasteiger partial charge on any atom is -0.381 e. The summed E-state index contributed by atoms with van der Waals surface area (Å²) < 4.78 is 5.46. The van der Waals surface area contributed by atoms with Crippen LogP contribution in [0.4, 0.5) is 5.69 Å². The summed E-state index contributed by atoms with van der Waals surface area (Å²) in [5.74, 6) is 1.23. The highest BCUT2D eigenvalue weighted by Gasteiger charge is 2.37. The van der Waals surface area contributed by atoms with E-state index in [-0.39, 0.29) is 0 Å². The second-order valence-corrected chi connectivity index (χ2v) is 5.20. The van der Waals surface area contributed by atoms with Crippen molar-refractivity contribution >= 4 is 23.6 Å². The predicted molar refractivity (Wildman–Crippen MR) is 66.9 cm³/mol. The molecule has 0 N–H and O–H groups in total. The number of hydrogen-bond donors (Lipinski definition) is 0. The summed E-state index contributed by atoms with van der Waals surface area (Å²) in [6, 6.07) is 5.42. The van der Waals surface area contributed by atoms with Crippen LogP contribution in [0.25, 0.3) is 0 Å². The summed E-state index contributed by atoms with van der Waals surface area (Å²) in [7, 11) is 0. The highest BCUT2D eigenvalue weighted by molar-refractivity contribution is 6.33. The Kier molecular flexibility index (Phi) is 2.81. The van der Waals surface area contributed by atoms with Gasteiger partial charge in [-0.15, -0.1) is 0 Å². The van der Waals surface area contributed by atoms with Gasteiger partial charge in [-0.3, -0.25) is 4.79 Å². The van der Waals surface area contributed by atoms with Gasteiger partial charge in [0.1, 0.15) is 6.29 Å². The Labute approximate surface area is 105 Å². The molecule has 0 aromatic heterocycles. The summed E-state index contributed by atoms with van der Waals surface area (Å²) in [5.41, 5.74) is 1.66. The van der Waals surface area contributed by atoms with Gasteiger partial charge in [0, 0.05) is 30.5 Å². The number of rotatable bonds is 2. The summed E-state index contributed by atoms with van der Waals surface area (Å²) in [6.45, 7) is 3.66. The topological polar surface area (TPSA) is 29.5 Å². The lowest BCUT2D eigenvalue weighted by Crippen LogP contribution is -2.22. The molecule has 0 radical (unpaired) electrons. The molecule has 2 aliphatic heterocycles. The number of fused-ring (bicyclic) bond motifs is 1. The van der Waals surface area contributed by atoms with Crippen molar-refractivity contribution in [3.05, 3.63) is 28.8 Å². The molecule has 1 aromatic rings. The van der Waals surface area contributed by atoms with Crippen LogP contribution in [-0.2, 0) is 4.74 Å². The minimum atomic E-state index is 0.617. The molecule has 90 valence electrons. The molecule has 0 spiro atoms. The van der Waals surface area contributed by atoms with Gasteiger partial charge in [-0.25, -0.2) is 0 Å². The molecule has 0 amide bonds. The fraction of sp³-hybridized carbons (Fsp3) is 0.462. The second-order valence-electron chi connectivity index (χ2n) is 4.79. The number of halogens is 1. The van der Waals surface area contributed by atoms with Crippen LogP contribution in [0.15, 0.2) is 18.2 Å². The largest absolute Gasteiger partial charge is 0.381 e. The van der Waals surface area contributed by atoms with E-state index in [0.29, 0.717) is 17.4 Å². The normalized spacial score (nSPS) is 27.2. The molecular formula is C13H14ClNO2. The molecule has 2 unspecified atom stereocenters. The Balaban J connectivity index is 1.87. The smallest absolute Gasteiger partial charge is 0.150 e. The number of anilines is 1. The van der Waals surface area contributed by atoms with Gasteiger partial charge in [-0.1, -0.05) is 17.7 Å². The summed E-state index contributed by atoms with van der Waals surface area (Å²) >= 11 is 6.20. The number of aldehydes is 1. The molecule has 2 heterocycles. The van der Waals surface area contributed by atoms with Gasteiger partial charge in [-0.05, 0) is 12.1 Å². The number of hydrogen-bond acceptors (Lipinski definition) is 3. The molecular weight excluding hydrogens is 238 g/mol. The molecule has 17 heavy (non-hydrogen) atoms. The van der Waals surface area contributed by atoms with Crippen molar-refractivity contribution < 1.29 is 9.53 Å². The molecule has 3 nitrogen and oxygen atoms in total. The van der Waals surface area contributed by atoms with E-state index in [1.54, 1.807) is 12.1 Å². The maximum absolute atomic E-state index is 10.8. The van der Waals surface area contributed by atoms with Gasteiger partial charge < -0.3 is 9.64 Å². The van der Waals surface area contributed by atoms with Crippen LogP contribution in [-0.4, -0.2) is 32.6 Å². The predicted octanol–water partition coefficient (Wildman–Crippen LogP) is 2.24. The Bertz CT molecular complexity index is 437. The van der Waals surface area contributed by atoms with Crippen molar-refractivity contribution in [2.45, 2.75) is 0 Å². The van der Waals surface area contributed by atoms with Crippen molar-refractivity contribution in [1.82, 2.24) is 0 Å². The van der Waals surface area contributed by atoms with E-state index in [2.05, 4.69) is 4.90 Å². The highest BCUT2D eigenvalue weighted by atomic mass is 35.5. The quantitative estimate of drug-likeness (QED) is 0.755. The van der Waals surface area contributed by atoms with Crippen molar-refractivity contribution in [1.29, 1.82) is 0 Å². The second kappa shape index (κ2) is 4.31. The molecule has 2 aliphatic rings. The zero-order valence-electron chi connectivity index (χ0n) is 9.43. The van der Waals surface area contributed by atoms with Crippen molar-refractivity contribution in [2.75, 3.05) is 31.2 Å². The average molecular weight is 252 g/mol. The van der Waals surface area contributed by atoms with E-state index in [0.717, 1.165) is 43.3 Å². The van der Waals surface area contributed by atoms with Crippen LogP contribution in [0.1, 0.15) is 10.4 Å². The van der Waals surface area contributed by atoms with E-state index in [1.807, 2.05) is 6.07 Å². The third-order valence-corrected chi connectivity index (χ3v) is 4.01. The van der Waals surface area contributed by atoms with E-state index in [9.17, 15) is 4.79 Å². The van der Waals surface area contributed by atoms with E-state index in [4.69, 9.17) is 16.3 Å². The van der Waals surface area contributed by atoms with Gasteiger partial charge in [0.2, 0.25) is 0 Å². The van der Waals surface area contributed by atoms with Crippen molar-refractivity contribution in [3.63, 3.8) is 0 Å². The molecule has 2 atom stereocenters. The highest BCUT2D eigenvalue weighted by Crippen LogP contribution is 2.36. The average Bonchev–Trinajstić information content (AvgIpc) is 2.90. The fourth-order valence-electron chi connectivity index (χ4n) is 2.73. The van der Waals surface area contributed by atoms with Gasteiger partial charge in [0.15, 0.2) is 0 Å². The lowest BCUT2D eigenvalue weighted by atomic mass is 10.0. The number of carbonyl (C=O) groups excluding carboxylic acids is 1. The summed E-state index contributed by atoms with van der Waals surface area (Å²) in [5, 5.41) is 0.719. The maximum atomic E-state index is 10.8. The Morgan fingerprint density at radius 2 is 2.00 bits per heavy atom. The summed E-state index contributed by atoms with van der Waals surface area (Å²) in [6.07, 6.45) is 0.861. The molecule has 2 saturated heterocycles. The first-order valence-corrected chi connectivity index (χ1v) is 6.23. The third kappa shape index (κ3) is 1.94. The lowest BCUT2D eigenvalue weighted by Gasteiger charge is -2.21. The standard InChI is InChI=1S/C13H14ClNO2/c14-12-2-1-9(6-16)3-13(12)15-4-10-7-17-8-11(10)5-15/h1-3,6,10-11H,4-5,7-8H2. The zero-order chi connectivity index (χ0) is 11.8. The lowest BCUT2D eigenvalue weighted by molar-refractivity contribution is 0.112. The van der Waals surface area contributed by atoms with Gasteiger partial charge in [0.25, 0.3) is 0 Å². The number of ether oxygens (including phenoxy) is 1. The van der Waals surface area contributed by atoms with Crippen molar-refractivity contribution in [3.8, 4) is 0 Å². The third-order valence-electron chi connectivity index (χ3n) is 3.69. The molecule has 0 saturated carbocycles. The maximum Gasteiger partial charge on any atom is 0.150 e. The number of nitrogens with zero attached hydrogens (tertiary/aromatic N) is 1. The van der Waals surface area contributed by atoms with Crippen LogP contribution in [0.5, 0.6) is 0 Å². The van der Waals surface area contributed by atoms with Gasteiger partial charge in [-0.2, -0.15) is 0 Å². The number of carbonyl (C=O) groups is 1. The Morgan fingerprint density at radius 3 is 2.65 bits per heavy atom. The van der Waals surface area contributed by atoms with Crippen LogP contribution >= 0.6 is 11.6 Å². The Morgan fingerprint density at radius 1 is 1.29 bits per heavy atom. The first-order chi connectivity index (χ1) is 8.28. The molecule has 4 heteroatoms. The zero-order valence-corrected chi connectivity index (χ0v) is 10.2. The Hall–Kier alpha value is -1.06. The molecule has 0 aliphatic carbocycles. The fourth-order valence-corrected chi connectivity index (χ4v) is 2.97. The van der Waals surface area contributed by atoms with Crippen LogP contribution in [0.2, 0.25) is 5.02 Å². The van der Waals surface area contributed by atoms with E-state index in [1.165, 1.54) is 0 Å². The monoisotopic (exact) mass is 251 g/mol. The molecule has 1 aromatic carbocycles. The van der Waals surface area contributed by atoms with Crippen LogP contribution in [0, 0.1) is 11.8 Å². The van der Waals surface area contributed by atoms with E-state index < -0.39 is 0 Å².